The van der Waals surface area contributed by atoms with E-state index in [2.05, 4.69) is 72.8 Å². The zero-order valence-corrected chi connectivity index (χ0v) is 14.8. The van der Waals surface area contributed by atoms with Crippen molar-refractivity contribution in [3.05, 3.63) is 95.1 Å². The van der Waals surface area contributed by atoms with Crippen molar-refractivity contribution >= 4 is 21.9 Å². The third-order valence-corrected chi connectivity index (χ3v) is 6.34. The predicted octanol–water partition coefficient (Wildman–Crippen LogP) is 6.73. The van der Waals surface area contributed by atoms with Crippen LogP contribution in [0.2, 0.25) is 0 Å². The van der Waals surface area contributed by atoms with Crippen LogP contribution in [0.4, 0.5) is 0 Å². The highest BCUT2D eigenvalue weighted by molar-refractivity contribution is 6.17. The van der Waals surface area contributed by atoms with E-state index >= 15 is 0 Å². The minimum absolute atomic E-state index is 0.989. The molecule has 0 spiro atoms. The van der Waals surface area contributed by atoms with E-state index in [9.17, 15) is 0 Å². The van der Waals surface area contributed by atoms with Crippen LogP contribution in [0.3, 0.4) is 0 Å². The van der Waals surface area contributed by atoms with Gasteiger partial charge in [-0.1, -0.05) is 60.7 Å². The van der Waals surface area contributed by atoms with E-state index in [1.807, 2.05) is 0 Å². The van der Waals surface area contributed by atoms with E-state index in [4.69, 9.17) is 4.42 Å². The molecule has 0 bridgehead atoms. The second kappa shape index (κ2) is 4.69. The summed E-state index contributed by atoms with van der Waals surface area (Å²) in [5, 5.41) is 2.62. The van der Waals surface area contributed by atoms with Gasteiger partial charge in [-0.05, 0) is 69.5 Å². The van der Waals surface area contributed by atoms with E-state index in [-0.39, 0.29) is 0 Å². The lowest BCUT2D eigenvalue weighted by Crippen LogP contribution is -1.85. The first-order chi connectivity index (χ1) is 13.4. The molecule has 0 N–H and O–H groups in total. The van der Waals surface area contributed by atoms with Crippen LogP contribution in [0, 0.1) is 0 Å². The van der Waals surface area contributed by atoms with Crippen LogP contribution in [-0.4, -0.2) is 0 Å². The summed E-state index contributed by atoms with van der Waals surface area (Å²) in [6.07, 6.45) is 2.01. The van der Waals surface area contributed by atoms with Gasteiger partial charge in [0, 0.05) is 10.8 Å². The van der Waals surface area contributed by atoms with E-state index in [0.717, 1.165) is 24.0 Å². The first-order valence-corrected chi connectivity index (χ1v) is 9.55. The fourth-order valence-electron chi connectivity index (χ4n) is 5.21. The lowest BCUT2D eigenvalue weighted by atomic mass is 9.95. The van der Waals surface area contributed by atoms with Crippen LogP contribution in [0.15, 0.2) is 77.2 Å². The summed E-state index contributed by atoms with van der Waals surface area (Å²) in [6, 6.07) is 26.4. The molecular weight excluding hydrogens is 328 g/mol. The number of fused-ring (bicyclic) bond motifs is 11. The second-order valence-electron chi connectivity index (χ2n) is 7.71. The molecule has 126 valence electrons. The van der Waals surface area contributed by atoms with Gasteiger partial charge in [-0.3, -0.25) is 0 Å². The van der Waals surface area contributed by atoms with Crippen LogP contribution < -0.4 is 0 Å². The Morgan fingerprint density at radius 2 is 1.22 bits per heavy atom. The minimum Gasteiger partial charge on any atom is -0.456 e. The van der Waals surface area contributed by atoms with Crippen molar-refractivity contribution in [2.75, 3.05) is 0 Å². The Morgan fingerprint density at radius 1 is 0.519 bits per heavy atom. The fraction of sp³-hybridized carbons (Fsp3) is 0.0769. The van der Waals surface area contributed by atoms with Gasteiger partial charge in [0.15, 0.2) is 0 Å². The lowest BCUT2D eigenvalue weighted by molar-refractivity contribution is 0.669. The first kappa shape index (κ1) is 13.8. The molecule has 0 amide bonds. The molecule has 2 aliphatic rings. The first-order valence-electron chi connectivity index (χ1n) is 9.55. The summed E-state index contributed by atoms with van der Waals surface area (Å²) in [5.74, 6) is 0. The Kier molecular flexibility index (Phi) is 2.40. The van der Waals surface area contributed by atoms with Crippen LogP contribution in [-0.2, 0) is 12.8 Å². The Labute approximate surface area is 156 Å². The molecular formula is C26H16O. The van der Waals surface area contributed by atoms with E-state index in [1.165, 1.54) is 55.3 Å². The SMILES string of the molecule is c1ccc2c(c1)Cc1c-2ccc2oc3ccc4c(c3c12)-c1ccccc1C4. The molecule has 2 aliphatic carbocycles. The van der Waals surface area contributed by atoms with Gasteiger partial charge in [-0.25, -0.2) is 0 Å². The van der Waals surface area contributed by atoms with Crippen molar-refractivity contribution in [1.29, 1.82) is 0 Å². The third kappa shape index (κ3) is 1.65. The van der Waals surface area contributed by atoms with Gasteiger partial charge >= 0.3 is 0 Å². The molecule has 0 fully saturated rings. The number of furan rings is 1. The summed E-state index contributed by atoms with van der Waals surface area (Å²) < 4.78 is 6.32. The number of hydrogen-bond acceptors (Lipinski definition) is 1. The summed E-state index contributed by atoms with van der Waals surface area (Å²) in [7, 11) is 0. The van der Waals surface area contributed by atoms with Crippen molar-refractivity contribution in [2.24, 2.45) is 0 Å². The fourth-order valence-corrected chi connectivity index (χ4v) is 5.21. The van der Waals surface area contributed by atoms with Gasteiger partial charge in [0.05, 0.1) is 0 Å². The van der Waals surface area contributed by atoms with Gasteiger partial charge in [-0.15, -0.1) is 0 Å². The standard InChI is InChI=1S/C26H16O/c1-3-7-18-16(6-1)14-21-20(18)10-12-22-25(21)26-23(27-22)11-9-17-13-15-5-2-4-8-19(15)24(17)26/h1-12H,13-14H2. The maximum Gasteiger partial charge on any atom is 0.136 e. The van der Waals surface area contributed by atoms with Crippen LogP contribution in [0.5, 0.6) is 0 Å². The Morgan fingerprint density at radius 3 is 2.11 bits per heavy atom. The summed E-state index contributed by atoms with van der Waals surface area (Å²) in [5.41, 5.74) is 13.2. The van der Waals surface area contributed by atoms with Crippen molar-refractivity contribution in [3.8, 4) is 22.3 Å². The summed E-state index contributed by atoms with van der Waals surface area (Å²) >= 11 is 0. The molecule has 1 aromatic heterocycles. The van der Waals surface area contributed by atoms with Crippen LogP contribution >= 0.6 is 0 Å². The Balaban J connectivity index is 1.66. The van der Waals surface area contributed by atoms with Crippen molar-refractivity contribution < 1.29 is 4.42 Å². The molecule has 0 unspecified atom stereocenters. The molecule has 5 aromatic rings. The van der Waals surface area contributed by atoms with E-state index in [1.54, 1.807) is 0 Å². The quantitative estimate of drug-likeness (QED) is 0.297. The average molecular weight is 344 g/mol. The normalized spacial score (nSPS) is 13.6. The number of hydrogen-bond donors (Lipinski definition) is 0. The monoisotopic (exact) mass is 344 g/mol. The zero-order valence-electron chi connectivity index (χ0n) is 14.8. The largest absolute Gasteiger partial charge is 0.456 e. The van der Waals surface area contributed by atoms with Gasteiger partial charge in [0.25, 0.3) is 0 Å². The molecule has 4 aromatic carbocycles. The molecule has 1 heterocycles. The average Bonchev–Trinajstić information content (AvgIpc) is 3.37. The summed E-state index contributed by atoms with van der Waals surface area (Å²) in [6.45, 7) is 0. The lowest BCUT2D eigenvalue weighted by Gasteiger charge is -2.06. The van der Waals surface area contributed by atoms with Crippen molar-refractivity contribution in [2.45, 2.75) is 12.8 Å². The molecule has 27 heavy (non-hydrogen) atoms. The molecule has 0 radical (unpaired) electrons. The van der Waals surface area contributed by atoms with Gasteiger partial charge in [0.2, 0.25) is 0 Å². The van der Waals surface area contributed by atoms with Crippen molar-refractivity contribution in [1.82, 2.24) is 0 Å². The molecule has 0 saturated heterocycles. The van der Waals surface area contributed by atoms with Gasteiger partial charge < -0.3 is 4.42 Å². The van der Waals surface area contributed by atoms with E-state index < -0.39 is 0 Å². The van der Waals surface area contributed by atoms with Gasteiger partial charge in [0.1, 0.15) is 11.2 Å². The highest BCUT2D eigenvalue weighted by Crippen LogP contribution is 2.49. The van der Waals surface area contributed by atoms with Gasteiger partial charge in [-0.2, -0.15) is 0 Å². The topological polar surface area (TPSA) is 13.1 Å². The number of rotatable bonds is 0. The minimum atomic E-state index is 0.989. The van der Waals surface area contributed by atoms with Crippen LogP contribution in [0.25, 0.3) is 44.2 Å². The Hall–Kier alpha value is -3.32. The molecule has 0 atom stereocenters. The van der Waals surface area contributed by atoms with Crippen LogP contribution in [0.1, 0.15) is 22.3 Å². The highest BCUT2D eigenvalue weighted by atomic mass is 16.3. The molecule has 0 aliphatic heterocycles. The number of benzene rings is 4. The zero-order chi connectivity index (χ0) is 17.5. The smallest absolute Gasteiger partial charge is 0.136 e. The summed E-state index contributed by atoms with van der Waals surface area (Å²) in [4.78, 5) is 0. The van der Waals surface area contributed by atoms with E-state index in [0.29, 0.717) is 0 Å². The molecule has 1 nitrogen and oxygen atoms in total. The Bertz CT molecular complexity index is 1420. The predicted molar refractivity (Wildman–Crippen MR) is 110 cm³/mol. The maximum atomic E-state index is 6.32. The molecule has 0 saturated carbocycles. The maximum absolute atomic E-state index is 6.32. The molecule has 7 rings (SSSR count). The second-order valence-corrected chi connectivity index (χ2v) is 7.71. The molecule has 1 heteroatoms. The third-order valence-electron chi connectivity index (χ3n) is 6.34. The van der Waals surface area contributed by atoms with Crippen molar-refractivity contribution in [3.63, 3.8) is 0 Å². The highest BCUT2D eigenvalue weighted by Gasteiger charge is 2.27.